The van der Waals surface area contributed by atoms with Crippen LogP contribution in [0, 0.1) is 0 Å². The minimum atomic E-state index is 1.29. The van der Waals surface area contributed by atoms with Gasteiger partial charge in [-0.15, -0.1) is 0 Å². The predicted molar refractivity (Wildman–Crippen MR) is 49.7 cm³/mol. The van der Waals surface area contributed by atoms with Crippen LogP contribution in [0.15, 0.2) is 11.6 Å². The van der Waals surface area contributed by atoms with Crippen LogP contribution in [0.2, 0.25) is 0 Å². The largest absolute Gasteiger partial charge is 0.303 e. The van der Waals surface area contributed by atoms with Gasteiger partial charge in [-0.2, -0.15) is 0 Å². The van der Waals surface area contributed by atoms with E-state index in [9.17, 15) is 0 Å². The molecule has 0 unspecified atom stereocenters. The van der Waals surface area contributed by atoms with Gasteiger partial charge in [-0.05, 0) is 32.7 Å². The van der Waals surface area contributed by atoms with E-state index in [1.165, 1.54) is 38.9 Å². The van der Waals surface area contributed by atoms with Gasteiger partial charge in [0.25, 0.3) is 0 Å². The molecule has 1 heteroatoms. The normalized spacial score (nSPS) is 20.4. The zero-order valence-electron chi connectivity index (χ0n) is 7.77. The first kappa shape index (κ1) is 8.79. The Bertz CT molecular complexity index is 128. The van der Waals surface area contributed by atoms with Gasteiger partial charge in [0, 0.05) is 13.1 Å². The summed E-state index contributed by atoms with van der Waals surface area (Å²) in [6.45, 7) is 8.27. The lowest BCUT2D eigenvalue weighted by Crippen LogP contribution is -2.31. The van der Waals surface area contributed by atoms with Crippen LogP contribution in [0.25, 0.3) is 0 Å². The van der Waals surface area contributed by atoms with Crippen LogP contribution < -0.4 is 0 Å². The first-order valence-corrected chi connectivity index (χ1v) is 4.73. The molecule has 64 valence electrons. The number of allylic oxidation sites excluding steroid dienone is 1. The summed E-state index contributed by atoms with van der Waals surface area (Å²) in [6.07, 6.45) is 6.18. The number of rotatable bonds is 2. The maximum atomic E-state index is 2.56. The fourth-order valence-electron chi connectivity index (χ4n) is 1.67. The number of hydrogen-bond acceptors (Lipinski definition) is 1. The SMILES string of the molecule is CC=C1CCN(CCC)CC1. The average molecular weight is 153 g/mol. The van der Waals surface area contributed by atoms with E-state index in [1.807, 2.05) is 0 Å². The lowest BCUT2D eigenvalue weighted by molar-refractivity contribution is 0.257. The van der Waals surface area contributed by atoms with E-state index in [1.54, 1.807) is 5.57 Å². The molecule has 0 spiro atoms. The highest BCUT2D eigenvalue weighted by Gasteiger charge is 2.11. The third-order valence-corrected chi connectivity index (χ3v) is 2.45. The Kier molecular flexibility index (Phi) is 3.64. The summed E-state index contributed by atoms with van der Waals surface area (Å²) in [4.78, 5) is 2.56. The number of likely N-dealkylation sites (tertiary alicyclic amines) is 1. The Morgan fingerprint density at radius 1 is 1.36 bits per heavy atom. The monoisotopic (exact) mass is 153 g/mol. The van der Waals surface area contributed by atoms with E-state index in [4.69, 9.17) is 0 Å². The molecule has 0 N–H and O–H groups in total. The molecule has 0 aromatic heterocycles. The molecule has 11 heavy (non-hydrogen) atoms. The van der Waals surface area contributed by atoms with E-state index < -0.39 is 0 Å². The van der Waals surface area contributed by atoms with Crippen molar-refractivity contribution in [1.29, 1.82) is 0 Å². The number of piperidine rings is 1. The molecule has 1 aliphatic heterocycles. The van der Waals surface area contributed by atoms with E-state index in [-0.39, 0.29) is 0 Å². The Labute approximate surface area is 70.1 Å². The molecule has 0 bridgehead atoms. The van der Waals surface area contributed by atoms with Gasteiger partial charge in [-0.25, -0.2) is 0 Å². The van der Waals surface area contributed by atoms with E-state index in [2.05, 4.69) is 24.8 Å². The van der Waals surface area contributed by atoms with Gasteiger partial charge in [0.2, 0.25) is 0 Å². The second kappa shape index (κ2) is 4.55. The summed E-state index contributed by atoms with van der Waals surface area (Å²) in [5.74, 6) is 0. The van der Waals surface area contributed by atoms with Crippen LogP contribution in [0.1, 0.15) is 33.1 Å². The summed E-state index contributed by atoms with van der Waals surface area (Å²) in [5, 5.41) is 0. The molecule has 1 aliphatic rings. The molecular weight excluding hydrogens is 134 g/mol. The van der Waals surface area contributed by atoms with E-state index in [0.717, 1.165) is 0 Å². The Morgan fingerprint density at radius 3 is 2.45 bits per heavy atom. The number of nitrogens with zero attached hydrogens (tertiary/aromatic N) is 1. The molecule has 0 aliphatic carbocycles. The first-order chi connectivity index (χ1) is 5.36. The van der Waals surface area contributed by atoms with Crippen LogP contribution in [0.5, 0.6) is 0 Å². The van der Waals surface area contributed by atoms with Crippen molar-refractivity contribution >= 4 is 0 Å². The molecule has 1 fully saturated rings. The van der Waals surface area contributed by atoms with Crippen molar-refractivity contribution in [1.82, 2.24) is 4.90 Å². The van der Waals surface area contributed by atoms with Crippen molar-refractivity contribution in [3.8, 4) is 0 Å². The second-order valence-electron chi connectivity index (χ2n) is 3.29. The highest BCUT2D eigenvalue weighted by molar-refractivity contribution is 5.03. The highest BCUT2D eigenvalue weighted by atomic mass is 15.1. The third-order valence-electron chi connectivity index (χ3n) is 2.45. The van der Waals surface area contributed by atoms with Gasteiger partial charge in [0.15, 0.2) is 0 Å². The van der Waals surface area contributed by atoms with Gasteiger partial charge >= 0.3 is 0 Å². The topological polar surface area (TPSA) is 3.24 Å². The van der Waals surface area contributed by atoms with Gasteiger partial charge in [0.05, 0.1) is 0 Å². The van der Waals surface area contributed by atoms with Crippen molar-refractivity contribution in [2.45, 2.75) is 33.1 Å². The van der Waals surface area contributed by atoms with E-state index in [0.29, 0.717) is 0 Å². The molecule has 1 heterocycles. The molecule has 0 saturated carbocycles. The van der Waals surface area contributed by atoms with Crippen LogP contribution in [-0.4, -0.2) is 24.5 Å². The Balaban J connectivity index is 2.24. The number of hydrogen-bond donors (Lipinski definition) is 0. The van der Waals surface area contributed by atoms with Crippen LogP contribution in [-0.2, 0) is 0 Å². The summed E-state index contributed by atoms with van der Waals surface area (Å²) in [5.41, 5.74) is 1.65. The molecular formula is C10H19N. The maximum Gasteiger partial charge on any atom is 0.00187 e. The van der Waals surface area contributed by atoms with E-state index >= 15 is 0 Å². The van der Waals surface area contributed by atoms with Crippen molar-refractivity contribution in [2.75, 3.05) is 19.6 Å². The first-order valence-electron chi connectivity index (χ1n) is 4.73. The minimum absolute atomic E-state index is 1.29. The molecule has 1 nitrogen and oxygen atoms in total. The standard InChI is InChI=1S/C10H19N/c1-3-7-11-8-5-10(4-2)6-9-11/h4H,3,5-9H2,1-2H3. The molecule has 0 aromatic carbocycles. The van der Waals surface area contributed by atoms with Crippen molar-refractivity contribution in [2.24, 2.45) is 0 Å². The van der Waals surface area contributed by atoms with Gasteiger partial charge < -0.3 is 4.90 Å². The zero-order chi connectivity index (χ0) is 8.10. The van der Waals surface area contributed by atoms with Crippen molar-refractivity contribution in [3.05, 3.63) is 11.6 Å². The van der Waals surface area contributed by atoms with Gasteiger partial charge in [-0.3, -0.25) is 0 Å². The summed E-state index contributed by atoms with van der Waals surface area (Å²) >= 11 is 0. The summed E-state index contributed by atoms with van der Waals surface area (Å²) in [7, 11) is 0. The highest BCUT2D eigenvalue weighted by Crippen LogP contribution is 2.15. The fourth-order valence-corrected chi connectivity index (χ4v) is 1.67. The fraction of sp³-hybridized carbons (Fsp3) is 0.800. The van der Waals surface area contributed by atoms with Crippen LogP contribution in [0.3, 0.4) is 0 Å². The quantitative estimate of drug-likeness (QED) is 0.551. The molecule has 1 rings (SSSR count). The third kappa shape index (κ3) is 2.66. The molecule has 1 saturated heterocycles. The predicted octanol–water partition coefficient (Wildman–Crippen LogP) is 2.44. The average Bonchev–Trinajstić information content (AvgIpc) is 2.07. The summed E-state index contributed by atoms with van der Waals surface area (Å²) in [6, 6.07) is 0. The minimum Gasteiger partial charge on any atom is -0.303 e. The Hall–Kier alpha value is -0.300. The molecule has 0 atom stereocenters. The zero-order valence-corrected chi connectivity index (χ0v) is 7.77. The summed E-state index contributed by atoms with van der Waals surface area (Å²) < 4.78 is 0. The Morgan fingerprint density at radius 2 is 2.00 bits per heavy atom. The van der Waals surface area contributed by atoms with Gasteiger partial charge in [-0.1, -0.05) is 18.6 Å². The van der Waals surface area contributed by atoms with Crippen molar-refractivity contribution in [3.63, 3.8) is 0 Å². The smallest absolute Gasteiger partial charge is 0.00187 e. The van der Waals surface area contributed by atoms with Crippen LogP contribution in [0.4, 0.5) is 0 Å². The van der Waals surface area contributed by atoms with Crippen molar-refractivity contribution < 1.29 is 0 Å². The van der Waals surface area contributed by atoms with Gasteiger partial charge in [0.1, 0.15) is 0 Å². The lowest BCUT2D eigenvalue weighted by atomic mass is 10.0. The molecule has 0 aromatic rings. The maximum absolute atomic E-state index is 2.56. The molecule has 0 amide bonds. The lowest BCUT2D eigenvalue weighted by Gasteiger charge is -2.27. The molecule has 0 radical (unpaired) electrons. The van der Waals surface area contributed by atoms with Crippen LogP contribution >= 0.6 is 0 Å². The second-order valence-corrected chi connectivity index (χ2v) is 3.29.